The molecule has 4 aliphatic rings. The second kappa shape index (κ2) is 20.4. The van der Waals surface area contributed by atoms with E-state index in [1.165, 1.54) is 35.4 Å². The highest BCUT2D eigenvalue weighted by Gasteiger charge is 2.33. The summed E-state index contributed by atoms with van der Waals surface area (Å²) in [5.74, 6) is -0.215. The summed E-state index contributed by atoms with van der Waals surface area (Å²) in [7, 11) is 1.93. The number of amides is 3. The molecule has 11 rings (SSSR count). The molecule has 0 bridgehead atoms. The van der Waals surface area contributed by atoms with Crippen molar-refractivity contribution in [2.24, 2.45) is 13.0 Å². The van der Waals surface area contributed by atoms with Gasteiger partial charge in [-0.2, -0.15) is 5.10 Å². The second-order valence-electron chi connectivity index (χ2n) is 20.3. The first-order valence-electron chi connectivity index (χ1n) is 25.8. The summed E-state index contributed by atoms with van der Waals surface area (Å²) in [6.45, 7) is 10.2. The molecule has 1 atom stereocenters. The Bertz CT molecular complexity index is 3240. The van der Waals surface area contributed by atoms with E-state index >= 15 is 0 Å². The fraction of sp³-hybridized carbons (Fsp3) is 0.386. The maximum Gasteiger partial charge on any atom is 0.355 e. The van der Waals surface area contributed by atoms with Crippen molar-refractivity contribution in [2.75, 3.05) is 54.4 Å². The minimum absolute atomic E-state index is 0.0194. The van der Waals surface area contributed by atoms with E-state index in [4.69, 9.17) is 14.8 Å². The molecule has 73 heavy (non-hydrogen) atoms. The number of nitrogens with zero attached hydrogens (tertiary/aromatic N) is 7. The zero-order chi connectivity index (χ0) is 50.3. The lowest BCUT2D eigenvalue weighted by molar-refractivity contribution is -0.134. The number of aryl methyl sites for hydroxylation is 2. The predicted molar refractivity (Wildman–Crippen MR) is 285 cm³/mol. The average Bonchev–Trinajstić information content (AvgIpc) is 3.95. The Labute approximate surface area is 428 Å². The molecule has 4 aromatic carbocycles. The van der Waals surface area contributed by atoms with Gasteiger partial charge in [0.25, 0.3) is 5.91 Å². The zero-order valence-electron chi connectivity index (χ0n) is 41.7. The van der Waals surface area contributed by atoms with Gasteiger partial charge in [-0.25, -0.2) is 14.8 Å². The quantitative estimate of drug-likeness (QED) is 0.0936. The molecule has 1 unspecified atom stereocenters. The number of aromatic nitrogens is 4. The van der Waals surface area contributed by atoms with Crippen LogP contribution in [0.1, 0.15) is 106 Å². The number of hydrogen-bond donors (Lipinski definition) is 3. The number of hydrogen-bond acceptors (Lipinski definition) is 12. The normalized spacial score (nSPS) is 19.5. The highest BCUT2D eigenvalue weighted by Crippen LogP contribution is 2.38. The number of carbonyl (C=O) groups is 4. The number of anilines is 3. The van der Waals surface area contributed by atoms with E-state index in [1.807, 2.05) is 96.3 Å². The maximum absolute atomic E-state index is 13.7. The van der Waals surface area contributed by atoms with Gasteiger partial charge >= 0.3 is 5.97 Å². The standard InChI is InChI=1S/C57H61N9O6S/c1-34-31-43-47(63(3)62-52(43)42-21-23-51(67)60-55(42)69)32-46(34)65-29-27-64(28-30-65)25-8-9-36-16-18-38(19-17-36)72-48-14-7-11-39(35(48)2)40-20-22-50(59-53(40)56(70)71)66-26-24-37-10-6-12-41(44(37)33-66)54(68)61-57-58-45-13-4-5-15-49(45)73-57/h4-7,10-15,20,22,31-32,36,38,42H,8-9,16-19,21,23-30,33H2,1-3H3,(H,70,71)(H,58,61,68)(H,60,67,69). The van der Waals surface area contributed by atoms with Gasteiger partial charge in [-0.15, -0.1) is 0 Å². The van der Waals surface area contributed by atoms with Crippen LogP contribution in [0.5, 0.6) is 5.75 Å². The number of rotatable bonds is 13. The van der Waals surface area contributed by atoms with E-state index < -0.39 is 11.9 Å². The van der Waals surface area contributed by atoms with Gasteiger partial charge in [0, 0.05) is 74.9 Å². The van der Waals surface area contributed by atoms with Crippen LogP contribution >= 0.6 is 11.3 Å². The number of imide groups is 1. The summed E-state index contributed by atoms with van der Waals surface area (Å²) in [6, 6.07) is 27.6. The largest absolute Gasteiger partial charge is 0.490 e. The summed E-state index contributed by atoms with van der Waals surface area (Å²) in [6.07, 6.45) is 8.23. The number of aromatic carboxylic acids is 1. The minimum atomic E-state index is -1.10. The third kappa shape index (κ3) is 9.89. The van der Waals surface area contributed by atoms with Crippen LogP contribution in [0.2, 0.25) is 0 Å². The van der Waals surface area contributed by atoms with E-state index in [2.05, 4.69) is 44.5 Å². The van der Waals surface area contributed by atoms with Gasteiger partial charge in [0.2, 0.25) is 11.8 Å². The van der Waals surface area contributed by atoms with E-state index in [-0.39, 0.29) is 29.5 Å². The molecule has 1 aliphatic carbocycles. The van der Waals surface area contributed by atoms with Gasteiger partial charge in [0.05, 0.1) is 33.4 Å². The van der Waals surface area contributed by atoms with E-state index in [9.17, 15) is 24.3 Å². The second-order valence-corrected chi connectivity index (χ2v) is 21.3. The van der Waals surface area contributed by atoms with Crippen molar-refractivity contribution in [3.63, 3.8) is 0 Å². The number of fused-ring (bicyclic) bond motifs is 3. The molecule has 7 aromatic rings. The Hall–Kier alpha value is -7.17. The molecule has 3 N–H and O–H groups in total. The Balaban J connectivity index is 0.667. The molecule has 3 amide bonds. The van der Waals surface area contributed by atoms with Crippen molar-refractivity contribution in [1.29, 1.82) is 0 Å². The molecule has 3 aromatic heterocycles. The summed E-state index contributed by atoms with van der Waals surface area (Å²) >= 11 is 1.44. The Morgan fingerprint density at radius 1 is 0.849 bits per heavy atom. The van der Waals surface area contributed by atoms with Crippen molar-refractivity contribution < 1.29 is 29.0 Å². The van der Waals surface area contributed by atoms with Gasteiger partial charge < -0.3 is 19.6 Å². The van der Waals surface area contributed by atoms with E-state index in [0.717, 1.165) is 113 Å². The van der Waals surface area contributed by atoms with Crippen LogP contribution in [0.3, 0.4) is 0 Å². The first kappa shape index (κ1) is 48.1. The number of piperazine rings is 1. The summed E-state index contributed by atoms with van der Waals surface area (Å²) < 4.78 is 9.57. The Morgan fingerprint density at radius 2 is 1.66 bits per heavy atom. The highest BCUT2D eigenvalue weighted by molar-refractivity contribution is 7.22. The molecule has 0 spiro atoms. The number of ether oxygens (including phenoxy) is 1. The molecule has 3 aliphatic heterocycles. The van der Waals surface area contributed by atoms with Crippen molar-refractivity contribution >= 4 is 72.8 Å². The molecule has 0 radical (unpaired) electrons. The fourth-order valence-corrected chi connectivity index (χ4v) is 12.5. The number of thiazole rings is 1. The van der Waals surface area contributed by atoms with Crippen LogP contribution in [0.4, 0.5) is 16.6 Å². The lowest BCUT2D eigenvalue weighted by atomic mass is 9.84. The van der Waals surface area contributed by atoms with Crippen LogP contribution in [0.25, 0.3) is 32.2 Å². The molecule has 16 heteroatoms. The number of pyridine rings is 1. The SMILES string of the molecule is Cc1cc2c(C3CCC(=O)NC3=O)nn(C)c2cc1N1CCN(CCCC2CCC(Oc3cccc(-c4ccc(N5CCc6cccc(C(=O)Nc7nc8ccccc8s7)c6C5)nc4C(=O)O)c3C)CC2)CC1. The lowest BCUT2D eigenvalue weighted by Crippen LogP contribution is -2.46. The van der Waals surface area contributed by atoms with Gasteiger partial charge in [-0.1, -0.05) is 47.7 Å². The average molecular weight is 1000 g/mol. The van der Waals surface area contributed by atoms with Gasteiger partial charge in [-0.3, -0.25) is 34.6 Å². The smallest absolute Gasteiger partial charge is 0.355 e. The van der Waals surface area contributed by atoms with Crippen LogP contribution < -0.4 is 25.2 Å². The Kier molecular flexibility index (Phi) is 13.4. The predicted octanol–water partition coefficient (Wildman–Crippen LogP) is 9.44. The first-order valence-corrected chi connectivity index (χ1v) is 26.6. The molecular weight excluding hydrogens is 939 g/mol. The first-order chi connectivity index (χ1) is 35.4. The third-order valence-electron chi connectivity index (χ3n) is 15.7. The van der Waals surface area contributed by atoms with E-state index in [0.29, 0.717) is 60.3 Å². The van der Waals surface area contributed by atoms with Crippen LogP contribution in [-0.2, 0) is 29.6 Å². The van der Waals surface area contributed by atoms with Crippen molar-refractivity contribution in [2.45, 2.75) is 90.2 Å². The molecule has 376 valence electrons. The monoisotopic (exact) mass is 999 g/mol. The lowest BCUT2D eigenvalue weighted by Gasteiger charge is -2.37. The summed E-state index contributed by atoms with van der Waals surface area (Å²) in [5.41, 5.74) is 9.73. The van der Waals surface area contributed by atoms with Crippen molar-refractivity contribution in [3.05, 3.63) is 124 Å². The molecular formula is C57H61N9O6S. The Morgan fingerprint density at radius 3 is 2.45 bits per heavy atom. The van der Waals surface area contributed by atoms with Crippen molar-refractivity contribution in [3.8, 4) is 16.9 Å². The number of carboxylic acid groups (broad SMARTS) is 1. The van der Waals surface area contributed by atoms with Crippen LogP contribution in [0.15, 0.2) is 84.9 Å². The highest BCUT2D eigenvalue weighted by atomic mass is 32.1. The fourth-order valence-electron chi connectivity index (χ4n) is 11.6. The number of benzene rings is 4. The minimum Gasteiger partial charge on any atom is -0.490 e. The number of piperidine rings is 1. The molecule has 6 heterocycles. The van der Waals surface area contributed by atoms with Crippen molar-refractivity contribution in [1.82, 2.24) is 30.0 Å². The molecule has 15 nitrogen and oxygen atoms in total. The molecule has 3 fully saturated rings. The van der Waals surface area contributed by atoms with Crippen LogP contribution in [-0.4, -0.2) is 98.8 Å². The number of carboxylic acids is 1. The van der Waals surface area contributed by atoms with Gasteiger partial charge in [0.15, 0.2) is 10.8 Å². The summed E-state index contributed by atoms with van der Waals surface area (Å²) in [4.78, 5) is 67.5. The number of nitrogens with one attached hydrogen (secondary N) is 2. The van der Waals surface area contributed by atoms with Gasteiger partial charge in [0.1, 0.15) is 11.6 Å². The molecule has 1 saturated carbocycles. The summed E-state index contributed by atoms with van der Waals surface area (Å²) in [5, 5.41) is 22.3. The molecule has 2 saturated heterocycles. The number of para-hydroxylation sites is 1. The van der Waals surface area contributed by atoms with Gasteiger partial charge in [-0.05, 0) is 154 Å². The zero-order valence-corrected chi connectivity index (χ0v) is 42.5. The van der Waals surface area contributed by atoms with E-state index in [1.54, 1.807) is 0 Å². The topological polar surface area (TPSA) is 175 Å². The number of carbonyl (C=O) groups excluding carboxylic acids is 3. The third-order valence-corrected chi connectivity index (χ3v) is 16.6. The maximum atomic E-state index is 13.7. The van der Waals surface area contributed by atoms with Crippen LogP contribution in [0, 0.1) is 19.8 Å².